The van der Waals surface area contributed by atoms with Crippen molar-refractivity contribution in [3.8, 4) is 0 Å². The summed E-state index contributed by atoms with van der Waals surface area (Å²) < 4.78 is 5.64. The Labute approximate surface area is 109 Å². The van der Waals surface area contributed by atoms with Crippen LogP contribution in [0.25, 0.3) is 0 Å². The van der Waals surface area contributed by atoms with E-state index in [4.69, 9.17) is 4.74 Å². The van der Waals surface area contributed by atoms with E-state index in [1.165, 1.54) is 0 Å². The van der Waals surface area contributed by atoms with Crippen LogP contribution in [0.3, 0.4) is 0 Å². The zero-order valence-corrected chi connectivity index (χ0v) is 11.5. The lowest BCUT2D eigenvalue weighted by molar-refractivity contribution is -0.147. The van der Waals surface area contributed by atoms with Gasteiger partial charge in [0.1, 0.15) is 0 Å². The minimum atomic E-state index is 0. The quantitative estimate of drug-likeness (QED) is 0.768. The minimum Gasteiger partial charge on any atom is -0.372 e. The molecule has 2 saturated heterocycles. The number of hydrogen-bond donors (Lipinski definition) is 1. The van der Waals surface area contributed by atoms with Gasteiger partial charge in [0.25, 0.3) is 0 Å². The van der Waals surface area contributed by atoms with Crippen LogP contribution >= 0.6 is 12.4 Å². The molecule has 0 aliphatic carbocycles. The Kier molecular flexibility index (Phi) is 5.70. The van der Waals surface area contributed by atoms with E-state index in [0.29, 0.717) is 5.91 Å². The zero-order chi connectivity index (χ0) is 11.5. The molecule has 1 amide bonds. The number of amides is 1. The van der Waals surface area contributed by atoms with E-state index < -0.39 is 0 Å². The Morgan fingerprint density at radius 2 is 1.94 bits per heavy atom. The Balaban J connectivity index is 0.00000144. The summed E-state index contributed by atoms with van der Waals surface area (Å²) in [6.45, 7) is 7.47. The highest BCUT2D eigenvalue weighted by molar-refractivity contribution is 5.85. The molecule has 0 bridgehead atoms. The smallest absolute Gasteiger partial charge is 0.227 e. The maximum atomic E-state index is 12.3. The molecule has 0 radical (unpaired) electrons. The van der Waals surface area contributed by atoms with Crippen molar-refractivity contribution in [2.75, 3.05) is 26.2 Å². The first kappa shape index (κ1) is 14.7. The molecule has 17 heavy (non-hydrogen) atoms. The number of morpholine rings is 1. The molecule has 3 atom stereocenters. The number of carbonyl (C=O) groups excluding carboxylic acids is 1. The topological polar surface area (TPSA) is 41.6 Å². The highest BCUT2D eigenvalue weighted by Crippen LogP contribution is 2.17. The molecular formula is C12H23ClN2O2. The zero-order valence-electron chi connectivity index (χ0n) is 10.6. The second-order valence-corrected chi connectivity index (χ2v) is 5.04. The molecule has 0 spiro atoms. The van der Waals surface area contributed by atoms with Crippen LogP contribution in [0.2, 0.25) is 0 Å². The fourth-order valence-corrected chi connectivity index (χ4v) is 2.68. The van der Waals surface area contributed by atoms with Crippen LogP contribution < -0.4 is 5.32 Å². The van der Waals surface area contributed by atoms with Crippen LogP contribution in [0.4, 0.5) is 0 Å². The van der Waals surface area contributed by atoms with Gasteiger partial charge in [-0.3, -0.25) is 4.79 Å². The molecule has 4 nitrogen and oxygen atoms in total. The van der Waals surface area contributed by atoms with Gasteiger partial charge in [0.2, 0.25) is 5.91 Å². The minimum absolute atomic E-state index is 0. The van der Waals surface area contributed by atoms with Gasteiger partial charge in [-0.15, -0.1) is 12.4 Å². The van der Waals surface area contributed by atoms with Crippen LogP contribution in [-0.2, 0) is 9.53 Å². The van der Waals surface area contributed by atoms with Crippen LogP contribution in [0.5, 0.6) is 0 Å². The van der Waals surface area contributed by atoms with Crippen molar-refractivity contribution in [2.45, 2.75) is 38.9 Å². The molecule has 0 saturated carbocycles. The molecule has 5 heteroatoms. The third kappa shape index (κ3) is 3.83. The first-order valence-electron chi connectivity index (χ1n) is 6.32. The molecular weight excluding hydrogens is 240 g/mol. The summed E-state index contributed by atoms with van der Waals surface area (Å²) in [4.78, 5) is 14.3. The van der Waals surface area contributed by atoms with Crippen LogP contribution in [0.15, 0.2) is 0 Å². The second-order valence-electron chi connectivity index (χ2n) is 5.04. The highest BCUT2D eigenvalue weighted by Gasteiger charge is 2.30. The fourth-order valence-electron chi connectivity index (χ4n) is 2.68. The average molecular weight is 263 g/mol. The summed E-state index contributed by atoms with van der Waals surface area (Å²) in [5.41, 5.74) is 0. The predicted octanol–water partition coefficient (Wildman–Crippen LogP) is 1.04. The SMILES string of the molecule is C[C@@H]1CN(C(=O)[C@@H]2CCCNC2)C[C@H](C)O1.Cl. The van der Waals surface area contributed by atoms with Crippen molar-refractivity contribution in [3.63, 3.8) is 0 Å². The van der Waals surface area contributed by atoms with E-state index >= 15 is 0 Å². The number of piperidine rings is 1. The van der Waals surface area contributed by atoms with Gasteiger partial charge in [-0.2, -0.15) is 0 Å². The van der Waals surface area contributed by atoms with Crippen molar-refractivity contribution < 1.29 is 9.53 Å². The average Bonchev–Trinajstić information content (AvgIpc) is 2.28. The number of hydrogen-bond acceptors (Lipinski definition) is 3. The summed E-state index contributed by atoms with van der Waals surface area (Å²) >= 11 is 0. The van der Waals surface area contributed by atoms with E-state index in [0.717, 1.165) is 39.0 Å². The Hall–Kier alpha value is -0.320. The van der Waals surface area contributed by atoms with Gasteiger partial charge >= 0.3 is 0 Å². The molecule has 2 heterocycles. The van der Waals surface area contributed by atoms with Gasteiger partial charge in [-0.05, 0) is 33.2 Å². The van der Waals surface area contributed by atoms with Crippen molar-refractivity contribution >= 4 is 18.3 Å². The normalized spacial score (nSPS) is 34.0. The Morgan fingerprint density at radius 3 is 2.47 bits per heavy atom. The van der Waals surface area contributed by atoms with Gasteiger partial charge < -0.3 is 15.0 Å². The van der Waals surface area contributed by atoms with E-state index in [9.17, 15) is 4.79 Å². The first-order chi connectivity index (χ1) is 7.66. The molecule has 100 valence electrons. The lowest BCUT2D eigenvalue weighted by Gasteiger charge is -2.37. The van der Waals surface area contributed by atoms with E-state index in [1.54, 1.807) is 0 Å². The molecule has 2 fully saturated rings. The van der Waals surface area contributed by atoms with Gasteiger partial charge in [-0.25, -0.2) is 0 Å². The molecule has 1 N–H and O–H groups in total. The molecule has 0 aromatic heterocycles. The van der Waals surface area contributed by atoms with E-state index in [-0.39, 0.29) is 30.5 Å². The summed E-state index contributed by atoms with van der Waals surface area (Å²) in [7, 11) is 0. The second kappa shape index (κ2) is 6.57. The van der Waals surface area contributed by atoms with Gasteiger partial charge in [0.15, 0.2) is 0 Å². The molecule has 0 aromatic carbocycles. The Bertz CT molecular complexity index is 247. The molecule has 2 aliphatic rings. The van der Waals surface area contributed by atoms with Gasteiger partial charge in [0.05, 0.1) is 18.1 Å². The van der Waals surface area contributed by atoms with Crippen molar-refractivity contribution in [1.29, 1.82) is 0 Å². The molecule has 0 aromatic rings. The maximum Gasteiger partial charge on any atom is 0.227 e. The van der Waals surface area contributed by atoms with Crippen molar-refractivity contribution in [1.82, 2.24) is 10.2 Å². The number of halogens is 1. The molecule has 0 unspecified atom stereocenters. The van der Waals surface area contributed by atoms with E-state index in [2.05, 4.69) is 5.32 Å². The number of rotatable bonds is 1. The monoisotopic (exact) mass is 262 g/mol. The molecule has 2 rings (SSSR count). The number of nitrogens with one attached hydrogen (secondary N) is 1. The largest absolute Gasteiger partial charge is 0.372 e. The summed E-state index contributed by atoms with van der Waals surface area (Å²) in [5.74, 6) is 0.500. The third-order valence-corrected chi connectivity index (χ3v) is 3.38. The third-order valence-electron chi connectivity index (χ3n) is 3.38. The standard InChI is InChI=1S/C12H22N2O2.ClH/c1-9-7-14(8-10(2)16-9)12(15)11-4-3-5-13-6-11;/h9-11,13H,3-8H2,1-2H3;1H/t9-,10+,11-;/m1./s1. The number of carbonyl (C=O) groups is 1. The van der Waals surface area contributed by atoms with Gasteiger partial charge in [-0.1, -0.05) is 0 Å². The van der Waals surface area contributed by atoms with Crippen molar-refractivity contribution in [3.05, 3.63) is 0 Å². The summed E-state index contributed by atoms with van der Waals surface area (Å²) in [5, 5.41) is 3.30. The van der Waals surface area contributed by atoms with Crippen LogP contribution in [0.1, 0.15) is 26.7 Å². The van der Waals surface area contributed by atoms with Crippen molar-refractivity contribution in [2.24, 2.45) is 5.92 Å². The van der Waals surface area contributed by atoms with E-state index in [1.807, 2.05) is 18.7 Å². The van der Waals surface area contributed by atoms with Crippen LogP contribution in [-0.4, -0.2) is 49.2 Å². The Morgan fingerprint density at radius 1 is 1.29 bits per heavy atom. The predicted molar refractivity (Wildman–Crippen MR) is 69.4 cm³/mol. The lowest BCUT2D eigenvalue weighted by atomic mass is 9.97. The number of nitrogens with zero attached hydrogens (tertiary/aromatic N) is 1. The highest BCUT2D eigenvalue weighted by atomic mass is 35.5. The summed E-state index contributed by atoms with van der Waals surface area (Å²) in [6, 6.07) is 0. The first-order valence-corrected chi connectivity index (χ1v) is 6.32. The lowest BCUT2D eigenvalue weighted by Crippen LogP contribution is -2.52. The van der Waals surface area contributed by atoms with Gasteiger partial charge in [0, 0.05) is 19.6 Å². The van der Waals surface area contributed by atoms with Crippen LogP contribution in [0, 0.1) is 5.92 Å². The maximum absolute atomic E-state index is 12.3. The number of ether oxygens (including phenoxy) is 1. The summed E-state index contributed by atoms with van der Waals surface area (Å²) in [6.07, 6.45) is 2.49. The fraction of sp³-hybridized carbons (Fsp3) is 0.917. The molecule has 2 aliphatic heterocycles.